The number of carboxylic acid groups (broad SMARTS) is 1. The van der Waals surface area contributed by atoms with Crippen molar-refractivity contribution in [2.75, 3.05) is 6.54 Å². The minimum atomic E-state index is -1.14. The van der Waals surface area contributed by atoms with Crippen molar-refractivity contribution in [3.63, 3.8) is 0 Å². The fourth-order valence-corrected chi connectivity index (χ4v) is 3.31. The molecular weight excluding hydrogens is 364 g/mol. The van der Waals surface area contributed by atoms with Crippen LogP contribution in [0.1, 0.15) is 11.1 Å². The molecule has 0 radical (unpaired) electrons. The van der Waals surface area contributed by atoms with Crippen LogP contribution in [0.25, 0.3) is 11.1 Å². The molecule has 0 aromatic heterocycles. The van der Waals surface area contributed by atoms with Crippen LogP contribution in [0.3, 0.4) is 0 Å². The van der Waals surface area contributed by atoms with Gasteiger partial charge in [0.1, 0.15) is 0 Å². The quantitative estimate of drug-likeness (QED) is 0.449. The summed E-state index contributed by atoms with van der Waals surface area (Å²) in [7, 11) is 0. The summed E-state index contributed by atoms with van der Waals surface area (Å²) < 4.78 is 0. The number of amides is 1. The second-order valence-electron chi connectivity index (χ2n) is 7.01. The summed E-state index contributed by atoms with van der Waals surface area (Å²) in [5.74, 6) is 0. The molecule has 3 aromatic carbocycles. The Kier molecular flexibility index (Phi) is 7.39. The van der Waals surface area contributed by atoms with Crippen LogP contribution in [0.5, 0.6) is 0 Å². The fraction of sp³-hybridized carbons (Fsp3) is 0.208. The average Bonchev–Trinajstić information content (AvgIpc) is 2.74. The van der Waals surface area contributed by atoms with Crippen molar-refractivity contribution in [3.05, 3.63) is 96.1 Å². The van der Waals surface area contributed by atoms with E-state index in [1.807, 2.05) is 60.7 Å². The van der Waals surface area contributed by atoms with E-state index >= 15 is 0 Å². The summed E-state index contributed by atoms with van der Waals surface area (Å²) in [4.78, 5) is 11.1. The van der Waals surface area contributed by atoms with Crippen molar-refractivity contribution in [2.45, 2.75) is 25.1 Å². The smallest absolute Gasteiger partial charge is 0.404 e. The highest BCUT2D eigenvalue weighted by Gasteiger charge is 2.21. The molecule has 0 unspecified atom stereocenters. The summed E-state index contributed by atoms with van der Waals surface area (Å²) in [6.45, 7) is 0.871. The van der Waals surface area contributed by atoms with Crippen molar-refractivity contribution in [1.82, 2.24) is 10.6 Å². The number of hydrogen-bond donors (Lipinski definition) is 4. The molecule has 3 rings (SSSR count). The van der Waals surface area contributed by atoms with Crippen LogP contribution in [0.15, 0.2) is 84.9 Å². The van der Waals surface area contributed by atoms with Gasteiger partial charge in [0.25, 0.3) is 0 Å². The zero-order valence-electron chi connectivity index (χ0n) is 16.2. The van der Waals surface area contributed by atoms with E-state index in [2.05, 4.69) is 34.9 Å². The van der Waals surface area contributed by atoms with Crippen LogP contribution in [0.2, 0.25) is 0 Å². The molecule has 5 nitrogen and oxygen atoms in total. The Morgan fingerprint density at radius 3 is 2.14 bits per heavy atom. The predicted octanol–water partition coefficient (Wildman–Crippen LogP) is 3.68. The Balaban J connectivity index is 1.57. The molecule has 3 aromatic rings. The number of rotatable bonds is 9. The van der Waals surface area contributed by atoms with Gasteiger partial charge >= 0.3 is 6.09 Å². The molecule has 0 aliphatic carbocycles. The number of aliphatic hydroxyl groups excluding tert-OH is 1. The van der Waals surface area contributed by atoms with E-state index in [0.717, 1.165) is 22.3 Å². The zero-order chi connectivity index (χ0) is 20.5. The van der Waals surface area contributed by atoms with Crippen LogP contribution < -0.4 is 10.6 Å². The van der Waals surface area contributed by atoms with Crippen molar-refractivity contribution < 1.29 is 15.0 Å². The maximum Gasteiger partial charge on any atom is 0.404 e. The molecule has 1 amide bonds. The first kappa shape index (κ1) is 20.6. The Hall–Kier alpha value is -3.15. The maximum atomic E-state index is 11.1. The van der Waals surface area contributed by atoms with Gasteiger partial charge in [-0.05, 0) is 34.7 Å². The summed E-state index contributed by atoms with van der Waals surface area (Å²) in [6, 6.07) is 27.4. The second-order valence-corrected chi connectivity index (χ2v) is 7.01. The van der Waals surface area contributed by atoms with Crippen molar-refractivity contribution in [2.24, 2.45) is 0 Å². The lowest BCUT2D eigenvalue weighted by Crippen LogP contribution is -2.48. The summed E-state index contributed by atoms with van der Waals surface area (Å²) in [5.41, 5.74) is 4.37. The lowest BCUT2D eigenvalue weighted by Gasteiger charge is -2.23. The highest BCUT2D eigenvalue weighted by Crippen LogP contribution is 2.19. The van der Waals surface area contributed by atoms with Crippen LogP contribution >= 0.6 is 0 Å². The summed E-state index contributed by atoms with van der Waals surface area (Å²) in [5, 5.41) is 25.3. The van der Waals surface area contributed by atoms with Gasteiger partial charge < -0.3 is 20.8 Å². The highest BCUT2D eigenvalue weighted by molar-refractivity contribution is 5.65. The van der Waals surface area contributed by atoms with E-state index in [0.29, 0.717) is 13.0 Å². The third kappa shape index (κ3) is 6.45. The molecule has 0 fully saturated rings. The Morgan fingerprint density at radius 1 is 0.828 bits per heavy atom. The lowest BCUT2D eigenvalue weighted by atomic mass is 10.0. The third-order valence-corrected chi connectivity index (χ3v) is 4.79. The van der Waals surface area contributed by atoms with Crippen LogP contribution in [-0.4, -0.2) is 35.0 Å². The molecule has 0 aliphatic rings. The first-order valence-corrected chi connectivity index (χ1v) is 9.68. The van der Waals surface area contributed by atoms with Crippen LogP contribution in [0.4, 0.5) is 4.79 Å². The van der Waals surface area contributed by atoms with Gasteiger partial charge in [0, 0.05) is 13.1 Å². The minimum absolute atomic E-state index is 0.285. The Labute approximate surface area is 171 Å². The van der Waals surface area contributed by atoms with E-state index in [1.54, 1.807) is 0 Å². The van der Waals surface area contributed by atoms with Gasteiger partial charge in [-0.15, -0.1) is 0 Å². The SMILES string of the molecule is O=C(O)N[C@@H](Cc1ccccc1)[C@H](O)CNCc1cccc(-c2ccccc2)c1. The van der Waals surface area contributed by atoms with E-state index in [4.69, 9.17) is 5.11 Å². The average molecular weight is 390 g/mol. The Bertz CT molecular complexity index is 900. The predicted molar refractivity (Wildman–Crippen MR) is 115 cm³/mol. The van der Waals surface area contributed by atoms with Crippen LogP contribution in [0, 0.1) is 0 Å². The topological polar surface area (TPSA) is 81.6 Å². The molecule has 150 valence electrons. The zero-order valence-corrected chi connectivity index (χ0v) is 16.2. The van der Waals surface area contributed by atoms with E-state index in [1.165, 1.54) is 0 Å². The van der Waals surface area contributed by atoms with Gasteiger partial charge in [0.15, 0.2) is 0 Å². The van der Waals surface area contributed by atoms with Crippen molar-refractivity contribution in [3.8, 4) is 11.1 Å². The normalized spacial score (nSPS) is 12.9. The van der Waals surface area contributed by atoms with Gasteiger partial charge in [-0.3, -0.25) is 0 Å². The summed E-state index contributed by atoms with van der Waals surface area (Å²) in [6.07, 6.45) is -1.55. The van der Waals surface area contributed by atoms with Gasteiger partial charge in [-0.25, -0.2) is 4.79 Å². The minimum Gasteiger partial charge on any atom is -0.465 e. The number of nitrogens with one attached hydrogen (secondary N) is 2. The van der Waals surface area contributed by atoms with Gasteiger partial charge in [0.05, 0.1) is 12.1 Å². The Morgan fingerprint density at radius 2 is 1.45 bits per heavy atom. The molecule has 0 aliphatic heterocycles. The maximum absolute atomic E-state index is 11.1. The van der Waals surface area contributed by atoms with E-state index in [-0.39, 0.29) is 6.54 Å². The number of hydrogen-bond acceptors (Lipinski definition) is 3. The van der Waals surface area contributed by atoms with Gasteiger partial charge in [0.2, 0.25) is 0 Å². The number of carbonyl (C=O) groups is 1. The molecule has 4 N–H and O–H groups in total. The molecule has 0 saturated carbocycles. The van der Waals surface area contributed by atoms with Gasteiger partial charge in [-0.1, -0.05) is 78.9 Å². The molecule has 29 heavy (non-hydrogen) atoms. The largest absolute Gasteiger partial charge is 0.465 e. The highest BCUT2D eigenvalue weighted by atomic mass is 16.4. The molecular formula is C24H26N2O3. The number of aliphatic hydroxyl groups is 1. The molecule has 5 heteroatoms. The summed E-state index contributed by atoms with van der Waals surface area (Å²) >= 11 is 0. The van der Waals surface area contributed by atoms with E-state index in [9.17, 15) is 9.90 Å². The molecule has 0 bridgehead atoms. The molecule has 0 heterocycles. The molecule has 0 spiro atoms. The third-order valence-electron chi connectivity index (χ3n) is 4.79. The van der Waals surface area contributed by atoms with E-state index < -0.39 is 18.2 Å². The fourth-order valence-electron chi connectivity index (χ4n) is 3.31. The van der Waals surface area contributed by atoms with Crippen molar-refractivity contribution in [1.29, 1.82) is 0 Å². The first-order chi connectivity index (χ1) is 14.1. The monoisotopic (exact) mass is 390 g/mol. The molecule has 0 saturated heterocycles. The first-order valence-electron chi connectivity index (χ1n) is 9.68. The molecule has 2 atom stereocenters. The lowest BCUT2D eigenvalue weighted by molar-refractivity contribution is 0.117. The standard InChI is InChI=1S/C24H26N2O3/c27-23(22(26-24(28)29)15-18-8-3-1-4-9-18)17-25-16-19-10-7-13-21(14-19)20-11-5-2-6-12-20/h1-14,22-23,25-27H,15-17H2,(H,28,29)/t22-,23+/m0/s1. The second kappa shape index (κ2) is 10.4. The van der Waals surface area contributed by atoms with Crippen molar-refractivity contribution >= 4 is 6.09 Å². The number of benzene rings is 3. The van der Waals surface area contributed by atoms with Crippen LogP contribution in [-0.2, 0) is 13.0 Å². The van der Waals surface area contributed by atoms with Gasteiger partial charge in [-0.2, -0.15) is 0 Å².